The molecule has 1 rings (SSSR count). The van der Waals surface area contributed by atoms with Gasteiger partial charge < -0.3 is 10.2 Å². The van der Waals surface area contributed by atoms with Gasteiger partial charge in [0.2, 0.25) is 0 Å². The molecule has 0 aliphatic carbocycles. The molecular formula is C9H15FN4O. The van der Waals surface area contributed by atoms with Gasteiger partial charge in [-0.15, -0.1) is 0 Å². The van der Waals surface area contributed by atoms with Crippen LogP contribution in [0.2, 0.25) is 0 Å². The van der Waals surface area contributed by atoms with Crippen molar-refractivity contribution in [1.29, 1.82) is 0 Å². The van der Waals surface area contributed by atoms with Gasteiger partial charge in [0.1, 0.15) is 6.61 Å². The van der Waals surface area contributed by atoms with Crippen molar-refractivity contribution in [2.24, 2.45) is 5.84 Å². The first-order chi connectivity index (χ1) is 7.19. The number of hydrazine groups is 1. The number of halogens is 1. The summed E-state index contributed by atoms with van der Waals surface area (Å²) in [5.41, 5.74) is 2.44. The Labute approximate surface area is 87.8 Å². The molecule has 0 aliphatic heterocycles. The summed E-state index contributed by atoms with van der Waals surface area (Å²) in [6, 6.07) is 0. The van der Waals surface area contributed by atoms with Gasteiger partial charge in [0.25, 0.3) is 0 Å². The van der Waals surface area contributed by atoms with E-state index in [2.05, 4.69) is 15.4 Å². The molecule has 0 aliphatic rings. The van der Waals surface area contributed by atoms with Crippen LogP contribution < -0.4 is 11.3 Å². The topological polar surface area (TPSA) is 73.1 Å². The minimum absolute atomic E-state index is 0.00222. The zero-order valence-corrected chi connectivity index (χ0v) is 8.88. The summed E-state index contributed by atoms with van der Waals surface area (Å²) in [6.45, 7) is 4.46. The molecule has 0 amide bonds. The van der Waals surface area contributed by atoms with Crippen molar-refractivity contribution in [3.05, 3.63) is 17.3 Å². The largest absolute Gasteiger partial charge is 0.373 e. The molecule has 1 aromatic rings. The van der Waals surface area contributed by atoms with E-state index in [0.29, 0.717) is 12.4 Å². The Morgan fingerprint density at radius 2 is 2.20 bits per heavy atom. The predicted octanol–water partition coefficient (Wildman–Crippen LogP) is 1.14. The summed E-state index contributed by atoms with van der Waals surface area (Å²) >= 11 is 0. The van der Waals surface area contributed by atoms with E-state index in [9.17, 15) is 4.39 Å². The van der Waals surface area contributed by atoms with E-state index in [4.69, 9.17) is 10.6 Å². The molecular weight excluding hydrogens is 199 g/mol. The molecule has 0 atom stereocenters. The van der Waals surface area contributed by atoms with Crippen molar-refractivity contribution in [2.75, 3.05) is 12.0 Å². The Kier molecular flexibility index (Phi) is 4.38. The summed E-state index contributed by atoms with van der Waals surface area (Å²) in [5.74, 6) is 5.02. The maximum absolute atomic E-state index is 13.3. The Bertz CT molecular complexity index is 332. The number of rotatable bonds is 5. The maximum Gasteiger partial charge on any atom is 0.187 e. The first-order valence-corrected chi connectivity index (χ1v) is 4.76. The second-order valence-corrected chi connectivity index (χ2v) is 3.08. The first-order valence-electron chi connectivity index (χ1n) is 4.76. The summed E-state index contributed by atoms with van der Waals surface area (Å²) in [6.07, 6.45) is 0.919. The van der Waals surface area contributed by atoms with Gasteiger partial charge in [0.15, 0.2) is 17.5 Å². The molecule has 5 nitrogen and oxygen atoms in total. The van der Waals surface area contributed by atoms with Crippen LogP contribution in [-0.4, -0.2) is 16.6 Å². The lowest BCUT2D eigenvalue weighted by atomic mass is 10.4. The van der Waals surface area contributed by atoms with Gasteiger partial charge >= 0.3 is 0 Å². The predicted molar refractivity (Wildman–Crippen MR) is 54.5 cm³/mol. The van der Waals surface area contributed by atoms with E-state index < -0.39 is 5.82 Å². The standard InChI is InChI=1S/C9H15FN4O/c1-3-4-15-5-7-12-6(2)8(10)9(13-7)14-11/h3-5,11H2,1-2H3,(H,12,13,14). The number of hydrogen-bond donors (Lipinski definition) is 2. The van der Waals surface area contributed by atoms with Gasteiger partial charge in [-0.05, 0) is 13.3 Å². The average molecular weight is 214 g/mol. The highest BCUT2D eigenvalue weighted by Crippen LogP contribution is 2.12. The van der Waals surface area contributed by atoms with Gasteiger partial charge in [-0.3, -0.25) is 0 Å². The van der Waals surface area contributed by atoms with E-state index in [1.54, 1.807) is 6.92 Å². The fraction of sp³-hybridized carbons (Fsp3) is 0.556. The normalized spacial score (nSPS) is 10.4. The van der Waals surface area contributed by atoms with Crippen LogP contribution in [0.3, 0.4) is 0 Å². The molecule has 84 valence electrons. The number of aryl methyl sites for hydroxylation is 1. The summed E-state index contributed by atoms with van der Waals surface area (Å²) < 4.78 is 18.5. The number of nitrogens with one attached hydrogen (secondary N) is 1. The number of nitrogen functional groups attached to an aromatic ring is 1. The fourth-order valence-corrected chi connectivity index (χ4v) is 1.09. The number of ether oxygens (including phenoxy) is 1. The van der Waals surface area contributed by atoms with Crippen LogP contribution in [0.25, 0.3) is 0 Å². The molecule has 0 saturated heterocycles. The fourth-order valence-electron chi connectivity index (χ4n) is 1.09. The third kappa shape index (κ3) is 3.10. The number of anilines is 1. The van der Waals surface area contributed by atoms with Crippen LogP contribution in [0.1, 0.15) is 24.9 Å². The van der Waals surface area contributed by atoms with Crippen LogP contribution in [0, 0.1) is 12.7 Å². The third-order valence-electron chi connectivity index (χ3n) is 1.78. The molecule has 0 spiro atoms. The highest BCUT2D eigenvalue weighted by atomic mass is 19.1. The maximum atomic E-state index is 13.3. The van der Waals surface area contributed by atoms with Crippen LogP contribution in [0.15, 0.2) is 0 Å². The first kappa shape index (κ1) is 11.8. The van der Waals surface area contributed by atoms with Gasteiger partial charge in [0.05, 0.1) is 5.69 Å². The highest BCUT2D eigenvalue weighted by molar-refractivity contribution is 5.36. The Hall–Kier alpha value is -1.27. The minimum atomic E-state index is -0.531. The minimum Gasteiger partial charge on any atom is -0.373 e. The monoisotopic (exact) mass is 214 g/mol. The molecule has 6 heteroatoms. The van der Waals surface area contributed by atoms with Gasteiger partial charge in [-0.2, -0.15) is 0 Å². The van der Waals surface area contributed by atoms with Crippen LogP contribution in [0.5, 0.6) is 0 Å². The number of nitrogens with zero attached hydrogens (tertiary/aromatic N) is 2. The van der Waals surface area contributed by atoms with E-state index >= 15 is 0 Å². The van der Waals surface area contributed by atoms with Crippen LogP contribution >= 0.6 is 0 Å². The van der Waals surface area contributed by atoms with Crippen molar-refractivity contribution in [2.45, 2.75) is 26.9 Å². The van der Waals surface area contributed by atoms with E-state index in [1.807, 2.05) is 6.92 Å². The second kappa shape index (κ2) is 5.57. The van der Waals surface area contributed by atoms with Crippen molar-refractivity contribution in [3.8, 4) is 0 Å². The van der Waals surface area contributed by atoms with Crippen molar-refractivity contribution < 1.29 is 9.13 Å². The molecule has 1 heterocycles. The molecule has 1 aromatic heterocycles. The Morgan fingerprint density at radius 1 is 1.47 bits per heavy atom. The lowest BCUT2D eigenvalue weighted by Crippen LogP contribution is -2.14. The number of hydrogen-bond acceptors (Lipinski definition) is 5. The molecule has 0 aromatic carbocycles. The van der Waals surface area contributed by atoms with E-state index in [1.165, 1.54) is 0 Å². The number of nitrogens with two attached hydrogens (primary N) is 1. The summed E-state index contributed by atoms with van der Waals surface area (Å²) in [7, 11) is 0. The molecule has 0 bridgehead atoms. The Morgan fingerprint density at radius 3 is 2.80 bits per heavy atom. The quantitative estimate of drug-likeness (QED) is 0.437. The van der Waals surface area contributed by atoms with E-state index in [-0.39, 0.29) is 18.1 Å². The second-order valence-electron chi connectivity index (χ2n) is 3.08. The molecule has 0 saturated carbocycles. The SMILES string of the molecule is CCCOCc1nc(C)c(F)c(NN)n1. The van der Waals surface area contributed by atoms with Gasteiger partial charge in [-0.25, -0.2) is 20.2 Å². The highest BCUT2D eigenvalue weighted by Gasteiger charge is 2.09. The number of aromatic nitrogens is 2. The van der Waals surface area contributed by atoms with Crippen molar-refractivity contribution in [3.63, 3.8) is 0 Å². The molecule has 0 radical (unpaired) electrons. The zero-order chi connectivity index (χ0) is 11.3. The zero-order valence-electron chi connectivity index (χ0n) is 8.88. The van der Waals surface area contributed by atoms with Crippen LogP contribution in [0.4, 0.5) is 10.2 Å². The lowest BCUT2D eigenvalue weighted by Gasteiger charge is -2.07. The molecule has 0 fully saturated rings. The van der Waals surface area contributed by atoms with Gasteiger partial charge in [-0.1, -0.05) is 6.92 Å². The molecule has 0 unspecified atom stereocenters. The van der Waals surface area contributed by atoms with Crippen LogP contribution in [-0.2, 0) is 11.3 Å². The third-order valence-corrected chi connectivity index (χ3v) is 1.78. The molecule has 15 heavy (non-hydrogen) atoms. The lowest BCUT2D eigenvalue weighted by molar-refractivity contribution is 0.116. The van der Waals surface area contributed by atoms with Gasteiger partial charge in [0, 0.05) is 6.61 Å². The summed E-state index contributed by atoms with van der Waals surface area (Å²) in [4.78, 5) is 7.82. The van der Waals surface area contributed by atoms with E-state index in [0.717, 1.165) is 6.42 Å². The van der Waals surface area contributed by atoms with Crippen molar-refractivity contribution >= 4 is 5.82 Å². The molecule has 3 N–H and O–H groups in total. The smallest absolute Gasteiger partial charge is 0.187 e. The average Bonchev–Trinajstić information content (AvgIpc) is 2.23. The van der Waals surface area contributed by atoms with Crippen molar-refractivity contribution in [1.82, 2.24) is 9.97 Å². The summed E-state index contributed by atoms with van der Waals surface area (Å²) in [5, 5.41) is 0. The Balaban J connectivity index is 2.77.